The Kier molecular flexibility index (Phi) is 6.75. The minimum Gasteiger partial charge on any atom is -0.449 e. The summed E-state index contributed by atoms with van der Waals surface area (Å²) in [5.74, 6) is -1.93. The molecule has 0 bridgehead atoms. The lowest BCUT2D eigenvalue weighted by atomic mass is 9.97. The number of hydrogen-bond acceptors (Lipinski definition) is 3. The minimum atomic E-state index is -1.08. The molecule has 0 aromatic heterocycles. The molecule has 1 amide bonds. The molecule has 26 heavy (non-hydrogen) atoms. The van der Waals surface area contributed by atoms with Crippen LogP contribution in [0.5, 0.6) is 0 Å². The molecule has 0 radical (unpaired) electrons. The van der Waals surface area contributed by atoms with Crippen LogP contribution in [0.2, 0.25) is 5.02 Å². The standard InChI is InChI=1S/C20H21ClFNO3/c1-4-12(2)15-7-5-6-8-18(15)23-19(24)13(3)26-20(25)16-10-9-14(21)11-17(16)22/h5-13H,4H2,1-3H3,(H,23,24)/t12-,13-/m0/s1. The Labute approximate surface area is 157 Å². The summed E-state index contributed by atoms with van der Waals surface area (Å²) in [6, 6.07) is 11.1. The predicted octanol–water partition coefficient (Wildman–Crippen LogP) is 5.18. The average Bonchev–Trinajstić information content (AvgIpc) is 2.61. The van der Waals surface area contributed by atoms with Crippen LogP contribution >= 0.6 is 11.6 Å². The van der Waals surface area contributed by atoms with E-state index in [9.17, 15) is 14.0 Å². The van der Waals surface area contributed by atoms with Gasteiger partial charge < -0.3 is 10.1 Å². The lowest BCUT2D eigenvalue weighted by Gasteiger charge is -2.18. The third kappa shape index (κ3) is 4.82. The van der Waals surface area contributed by atoms with Crippen molar-refractivity contribution in [3.05, 3.63) is 64.4 Å². The molecule has 138 valence electrons. The number of carbonyl (C=O) groups is 2. The SMILES string of the molecule is CC[C@H](C)c1ccccc1NC(=O)[C@H](C)OC(=O)c1ccc(Cl)cc1F. The first-order chi connectivity index (χ1) is 12.3. The summed E-state index contributed by atoms with van der Waals surface area (Å²) in [5, 5.41) is 2.95. The van der Waals surface area contributed by atoms with E-state index in [4.69, 9.17) is 16.3 Å². The lowest BCUT2D eigenvalue weighted by molar-refractivity contribution is -0.123. The second-order valence-corrected chi connectivity index (χ2v) is 6.49. The number of carbonyl (C=O) groups excluding carboxylic acids is 2. The van der Waals surface area contributed by atoms with Gasteiger partial charge in [-0.15, -0.1) is 0 Å². The Bertz CT molecular complexity index is 809. The number of anilines is 1. The van der Waals surface area contributed by atoms with Crippen molar-refractivity contribution in [1.82, 2.24) is 0 Å². The van der Waals surface area contributed by atoms with Gasteiger partial charge in [0.25, 0.3) is 5.91 Å². The van der Waals surface area contributed by atoms with Crippen LogP contribution in [0, 0.1) is 5.82 Å². The van der Waals surface area contributed by atoms with Gasteiger partial charge in [0.2, 0.25) is 0 Å². The minimum absolute atomic E-state index is 0.173. The van der Waals surface area contributed by atoms with Crippen molar-refractivity contribution in [3.8, 4) is 0 Å². The largest absolute Gasteiger partial charge is 0.449 e. The highest BCUT2D eigenvalue weighted by Crippen LogP contribution is 2.26. The highest BCUT2D eigenvalue weighted by atomic mass is 35.5. The first-order valence-corrected chi connectivity index (χ1v) is 8.77. The van der Waals surface area contributed by atoms with Gasteiger partial charge >= 0.3 is 5.97 Å². The first kappa shape index (κ1) is 19.9. The normalized spacial score (nSPS) is 13.0. The summed E-state index contributed by atoms with van der Waals surface area (Å²) in [5.41, 5.74) is 1.41. The second kappa shape index (κ2) is 8.81. The maximum absolute atomic E-state index is 13.8. The molecular formula is C20H21ClFNO3. The summed E-state index contributed by atoms with van der Waals surface area (Å²) in [7, 11) is 0. The van der Waals surface area contributed by atoms with Crippen molar-refractivity contribution in [2.75, 3.05) is 5.32 Å². The molecule has 2 atom stereocenters. The van der Waals surface area contributed by atoms with E-state index in [-0.39, 0.29) is 16.5 Å². The van der Waals surface area contributed by atoms with Crippen molar-refractivity contribution in [2.24, 2.45) is 0 Å². The van der Waals surface area contributed by atoms with Crippen molar-refractivity contribution in [1.29, 1.82) is 0 Å². The molecule has 6 heteroatoms. The fraction of sp³-hybridized carbons (Fsp3) is 0.300. The molecule has 0 aliphatic rings. The average molecular weight is 378 g/mol. The second-order valence-electron chi connectivity index (χ2n) is 6.06. The van der Waals surface area contributed by atoms with Crippen LogP contribution in [0.15, 0.2) is 42.5 Å². The van der Waals surface area contributed by atoms with Gasteiger partial charge in [-0.2, -0.15) is 0 Å². The van der Waals surface area contributed by atoms with Crippen LogP contribution in [0.25, 0.3) is 0 Å². The van der Waals surface area contributed by atoms with E-state index >= 15 is 0 Å². The Hall–Kier alpha value is -2.40. The summed E-state index contributed by atoms with van der Waals surface area (Å²) in [6.07, 6.45) is -0.157. The third-order valence-corrected chi connectivity index (χ3v) is 4.40. The van der Waals surface area contributed by atoms with Crippen molar-refractivity contribution < 1.29 is 18.7 Å². The molecule has 2 aromatic rings. The van der Waals surface area contributed by atoms with E-state index in [1.54, 1.807) is 6.07 Å². The van der Waals surface area contributed by atoms with E-state index in [0.29, 0.717) is 5.69 Å². The number of hydrogen-bond donors (Lipinski definition) is 1. The van der Waals surface area contributed by atoms with E-state index in [1.807, 2.05) is 18.2 Å². The number of rotatable bonds is 6. The monoisotopic (exact) mass is 377 g/mol. The van der Waals surface area contributed by atoms with Gasteiger partial charge in [-0.1, -0.05) is 43.6 Å². The quantitative estimate of drug-likeness (QED) is 0.706. The number of ether oxygens (including phenoxy) is 1. The number of para-hydroxylation sites is 1. The number of benzene rings is 2. The number of esters is 1. The molecular weight excluding hydrogens is 357 g/mol. The van der Waals surface area contributed by atoms with Crippen LogP contribution in [0.3, 0.4) is 0 Å². The van der Waals surface area contributed by atoms with Gasteiger partial charge in [0.1, 0.15) is 5.82 Å². The Morgan fingerprint density at radius 1 is 1.19 bits per heavy atom. The number of amides is 1. The van der Waals surface area contributed by atoms with Crippen LogP contribution in [-0.2, 0) is 9.53 Å². The molecule has 1 N–H and O–H groups in total. The Balaban J connectivity index is 2.07. The fourth-order valence-electron chi connectivity index (χ4n) is 2.43. The van der Waals surface area contributed by atoms with Crippen molar-refractivity contribution in [3.63, 3.8) is 0 Å². The van der Waals surface area contributed by atoms with Gasteiger partial charge in [0, 0.05) is 10.7 Å². The molecule has 4 nitrogen and oxygen atoms in total. The van der Waals surface area contributed by atoms with Crippen LogP contribution in [0.4, 0.5) is 10.1 Å². The third-order valence-electron chi connectivity index (χ3n) is 4.17. The molecule has 0 saturated carbocycles. The summed E-state index contributed by atoms with van der Waals surface area (Å²) in [6.45, 7) is 5.57. The molecule has 0 aliphatic heterocycles. The molecule has 0 unspecified atom stereocenters. The molecule has 0 aliphatic carbocycles. The molecule has 0 fully saturated rings. The van der Waals surface area contributed by atoms with Gasteiger partial charge in [0.15, 0.2) is 6.10 Å². The number of nitrogens with one attached hydrogen (secondary N) is 1. The molecule has 0 saturated heterocycles. The summed E-state index contributed by atoms with van der Waals surface area (Å²) in [4.78, 5) is 24.5. The smallest absolute Gasteiger partial charge is 0.341 e. The fourth-order valence-corrected chi connectivity index (χ4v) is 2.59. The zero-order valence-corrected chi connectivity index (χ0v) is 15.6. The maximum atomic E-state index is 13.8. The predicted molar refractivity (Wildman–Crippen MR) is 100 cm³/mol. The molecule has 2 aromatic carbocycles. The molecule has 0 spiro atoms. The van der Waals surface area contributed by atoms with Gasteiger partial charge in [-0.25, -0.2) is 9.18 Å². The Morgan fingerprint density at radius 2 is 1.88 bits per heavy atom. The lowest BCUT2D eigenvalue weighted by Crippen LogP contribution is -2.30. The van der Waals surface area contributed by atoms with Crippen molar-refractivity contribution in [2.45, 2.75) is 39.2 Å². The zero-order chi connectivity index (χ0) is 19.3. The number of halogens is 2. The van der Waals surface area contributed by atoms with Crippen molar-refractivity contribution >= 4 is 29.2 Å². The van der Waals surface area contributed by atoms with Gasteiger partial charge in [0.05, 0.1) is 5.56 Å². The van der Waals surface area contributed by atoms with Crippen LogP contribution in [0.1, 0.15) is 49.0 Å². The summed E-state index contributed by atoms with van der Waals surface area (Å²) < 4.78 is 18.9. The first-order valence-electron chi connectivity index (χ1n) is 8.39. The van der Waals surface area contributed by atoms with E-state index in [2.05, 4.69) is 19.2 Å². The topological polar surface area (TPSA) is 55.4 Å². The highest BCUT2D eigenvalue weighted by Gasteiger charge is 2.22. The van der Waals surface area contributed by atoms with Gasteiger partial charge in [-0.3, -0.25) is 4.79 Å². The maximum Gasteiger partial charge on any atom is 0.341 e. The molecule has 0 heterocycles. The van der Waals surface area contributed by atoms with Crippen LogP contribution < -0.4 is 5.32 Å². The van der Waals surface area contributed by atoms with E-state index in [1.165, 1.54) is 19.1 Å². The van der Waals surface area contributed by atoms with Gasteiger partial charge in [-0.05, 0) is 49.1 Å². The Morgan fingerprint density at radius 3 is 2.54 bits per heavy atom. The highest BCUT2D eigenvalue weighted by molar-refractivity contribution is 6.30. The zero-order valence-electron chi connectivity index (χ0n) is 14.9. The van der Waals surface area contributed by atoms with E-state index < -0.39 is 23.8 Å². The molecule has 2 rings (SSSR count). The summed E-state index contributed by atoms with van der Waals surface area (Å²) >= 11 is 5.66. The van der Waals surface area contributed by atoms with E-state index in [0.717, 1.165) is 18.1 Å². The van der Waals surface area contributed by atoms with Crippen LogP contribution in [-0.4, -0.2) is 18.0 Å².